The first-order valence-electron chi connectivity index (χ1n) is 9.69. The van der Waals surface area contributed by atoms with Crippen molar-refractivity contribution in [1.29, 1.82) is 0 Å². The largest absolute Gasteiger partial charge is 0.291 e. The molecule has 4 aromatic rings. The number of hydrogen-bond donors (Lipinski definition) is 3. The van der Waals surface area contributed by atoms with Crippen LogP contribution in [0.2, 0.25) is 0 Å². The number of rotatable bonds is 8. The van der Waals surface area contributed by atoms with E-state index in [-0.39, 0.29) is 35.1 Å². The fourth-order valence-electron chi connectivity index (χ4n) is 3.01. The molecule has 4 rings (SSSR count). The molecule has 33 heavy (non-hydrogen) atoms. The van der Waals surface area contributed by atoms with E-state index in [9.17, 15) is 14.9 Å². The number of aromatic amines is 2. The zero-order valence-electron chi connectivity index (χ0n) is 17.0. The predicted octanol–water partition coefficient (Wildman–Crippen LogP) is 3.06. The maximum Gasteiger partial charge on any atom is 0.276 e. The third-order valence-electron chi connectivity index (χ3n) is 4.51. The van der Waals surface area contributed by atoms with Crippen LogP contribution in [0.25, 0.3) is 6.08 Å². The van der Waals surface area contributed by atoms with E-state index in [2.05, 4.69) is 40.7 Å². The molecule has 0 atom stereocenters. The Morgan fingerprint density at radius 2 is 1.76 bits per heavy atom. The minimum atomic E-state index is -0.522. The molecule has 12 heteroatoms. The number of aromatic nitrogens is 6. The first-order valence-corrected chi connectivity index (χ1v) is 9.69. The number of amides is 1. The van der Waals surface area contributed by atoms with E-state index < -0.39 is 10.8 Å². The zero-order chi connectivity index (χ0) is 23.0. The first-order chi connectivity index (χ1) is 16.1. The summed E-state index contributed by atoms with van der Waals surface area (Å²) in [5, 5.41) is 26.8. The number of carbonyl (C=O) groups is 1. The molecule has 3 N–H and O–H groups in total. The summed E-state index contributed by atoms with van der Waals surface area (Å²) < 4.78 is 0. The number of aliphatic imine (C=N–C) groups is 1. The third-order valence-corrected chi connectivity index (χ3v) is 4.51. The van der Waals surface area contributed by atoms with Crippen LogP contribution in [0.5, 0.6) is 0 Å². The molecule has 0 radical (unpaired) electrons. The molecule has 0 aliphatic heterocycles. The van der Waals surface area contributed by atoms with Crippen molar-refractivity contribution < 1.29 is 9.72 Å². The van der Waals surface area contributed by atoms with Gasteiger partial charge < -0.3 is 0 Å². The minimum absolute atomic E-state index is 0.0384. The summed E-state index contributed by atoms with van der Waals surface area (Å²) in [6.45, 7) is 0. The summed E-state index contributed by atoms with van der Waals surface area (Å²) >= 11 is 0. The Hall–Kier alpha value is -5.00. The molecule has 0 aliphatic carbocycles. The van der Waals surface area contributed by atoms with Gasteiger partial charge in [0.15, 0.2) is 0 Å². The number of nitro groups is 1. The van der Waals surface area contributed by atoms with Gasteiger partial charge in [0.2, 0.25) is 11.9 Å². The van der Waals surface area contributed by atoms with E-state index in [1.54, 1.807) is 18.2 Å². The zero-order valence-corrected chi connectivity index (χ0v) is 17.0. The number of nitrogens with zero attached hydrogens (tertiary/aromatic N) is 6. The van der Waals surface area contributed by atoms with E-state index in [0.29, 0.717) is 5.71 Å². The lowest BCUT2D eigenvalue weighted by Crippen LogP contribution is -2.18. The van der Waals surface area contributed by atoms with Crippen molar-refractivity contribution in [2.45, 2.75) is 6.42 Å². The molecular formula is C21H17N9O3. The number of nitro benzene ring substituents is 1. The highest BCUT2D eigenvalue weighted by atomic mass is 16.6. The number of hydrogen-bond acceptors (Lipinski definition) is 8. The Bertz CT molecular complexity index is 1300. The summed E-state index contributed by atoms with van der Waals surface area (Å²) in [7, 11) is 0. The SMILES string of the molecule is O=C(Nc1ncn[nH]1)/C(=C/c1ccccc1[N+](=O)[O-])C/C(=N/c1ncn[nH]1)c1ccccc1. The normalized spacial score (nSPS) is 11.9. The second-order valence-corrected chi connectivity index (χ2v) is 6.68. The Morgan fingerprint density at radius 1 is 1.03 bits per heavy atom. The molecule has 0 fully saturated rings. The van der Waals surface area contributed by atoms with Crippen LogP contribution in [0.4, 0.5) is 17.6 Å². The van der Waals surface area contributed by atoms with E-state index in [0.717, 1.165) is 5.56 Å². The van der Waals surface area contributed by atoms with Gasteiger partial charge in [0.05, 0.1) is 16.2 Å². The Kier molecular flexibility index (Phi) is 6.35. The van der Waals surface area contributed by atoms with Crippen LogP contribution >= 0.6 is 0 Å². The fraction of sp³-hybridized carbons (Fsp3) is 0.0476. The lowest BCUT2D eigenvalue weighted by molar-refractivity contribution is -0.385. The van der Waals surface area contributed by atoms with Crippen molar-refractivity contribution in [2.75, 3.05) is 5.32 Å². The highest BCUT2D eigenvalue weighted by Gasteiger charge is 2.19. The smallest absolute Gasteiger partial charge is 0.276 e. The molecule has 12 nitrogen and oxygen atoms in total. The number of nitrogens with one attached hydrogen (secondary N) is 3. The molecule has 2 aromatic carbocycles. The number of para-hydroxylation sites is 1. The van der Waals surface area contributed by atoms with Gasteiger partial charge in [-0.1, -0.05) is 42.5 Å². The molecule has 2 heterocycles. The summed E-state index contributed by atoms with van der Waals surface area (Å²) in [5.74, 6) is -0.123. The summed E-state index contributed by atoms with van der Waals surface area (Å²) in [6, 6.07) is 15.4. The van der Waals surface area contributed by atoms with Crippen molar-refractivity contribution in [3.8, 4) is 0 Å². The van der Waals surface area contributed by atoms with Crippen LogP contribution in [-0.2, 0) is 4.79 Å². The van der Waals surface area contributed by atoms with Gasteiger partial charge in [-0.25, -0.2) is 15.2 Å². The van der Waals surface area contributed by atoms with Gasteiger partial charge in [-0.05, 0) is 17.7 Å². The lowest BCUT2D eigenvalue weighted by atomic mass is 9.99. The van der Waals surface area contributed by atoms with Gasteiger partial charge in [-0.2, -0.15) is 20.2 Å². The average Bonchev–Trinajstić information content (AvgIpc) is 3.53. The quantitative estimate of drug-likeness (QED) is 0.163. The Labute approximate surface area is 186 Å². The highest BCUT2D eigenvalue weighted by Crippen LogP contribution is 2.24. The fourth-order valence-corrected chi connectivity index (χ4v) is 3.01. The van der Waals surface area contributed by atoms with Crippen LogP contribution in [-0.4, -0.2) is 46.9 Å². The molecule has 0 saturated heterocycles. The molecule has 2 aromatic heterocycles. The topological polar surface area (TPSA) is 168 Å². The highest BCUT2D eigenvalue weighted by molar-refractivity contribution is 6.13. The van der Waals surface area contributed by atoms with E-state index in [4.69, 9.17) is 0 Å². The second-order valence-electron chi connectivity index (χ2n) is 6.68. The van der Waals surface area contributed by atoms with Crippen molar-refractivity contribution in [3.05, 3.63) is 94.1 Å². The lowest BCUT2D eigenvalue weighted by Gasteiger charge is -2.11. The average molecular weight is 443 g/mol. The Balaban J connectivity index is 1.78. The third kappa shape index (κ3) is 5.38. The van der Waals surface area contributed by atoms with Crippen molar-refractivity contribution in [3.63, 3.8) is 0 Å². The molecule has 0 bridgehead atoms. The van der Waals surface area contributed by atoms with Crippen molar-refractivity contribution in [1.82, 2.24) is 30.4 Å². The number of benzene rings is 2. The first kappa shape index (κ1) is 21.2. The van der Waals surface area contributed by atoms with E-state index in [1.165, 1.54) is 24.8 Å². The minimum Gasteiger partial charge on any atom is -0.291 e. The molecule has 0 spiro atoms. The summed E-state index contributed by atoms with van der Waals surface area (Å²) in [6.07, 6.45) is 4.07. The van der Waals surface area contributed by atoms with Crippen LogP contribution in [0.15, 0.2) is 77.8 Å². The van der Waals surface area contributed by atoms with E-state index >= 15 is 0 Å². The molecular weight excluding hydrogens is 426 g/mol. The monoisotopic (exact) mass is 443 g/mol. The number of H-pyrrole nitrogens is 2. The van der Waals surface area contributed by atoms with E-state index in [1.807, 2.05) is 30.3 Å². The standard InChI is InChI=1S/C21H17N9O3/c31-19(27-21-23-13-25-29-21)16(10-15-8-4-5-9-18(15)30(32)33)11-17(14-6-2-1-3-7-14)26-20-22-12-24-28-20/h1-10,12-13H,11H2,(H,22,24,28)(H2,23,25,27,29,31)/b16-10+,26-17-. The molecule has 0 saturated carbocycles. The van der Waals surface area contributed by atoms with Crippen LogP contribution in [0.1, 0.15) is 17.5 Å². The van der Waals surface area contributed by atoms with Crippen molar-refractivity contribution >= 4 is 35.3 Å². The predicted molar refractivity (Wildman–Crippen MR) is 120 cm³/mol. The molecule has 1 amide bonds. The van der Waals surface area contributed by atoms with Gasteiger partial charge in [0.25, 0.3) is 11.6 Å². The van der Waals surface area contributed by atoms with Gasteiger partial charge in [-0.15, -0.1) is 0 Å². The van der Waals surface area contributed by atoms with Crippen LogP contribution in [0, 0.1) is 10.1 Å². The number of anilines is 1. The molecule has 0 unspecified atom stereocenters. The van der Waals surface area contributed by atoms with Gasteiger partial charge >= 0.3 is 0 Å². The maximum atomic E-state index is 13.1. The second kappa shape index (κ2) is 9.87. The maximum absolute atomic E-state index is 13.1. The van der Waals surface area contributed by atoms with Gasteiger partial charge in [0.1, 0.15) is 12.7 Å². The molecule has 164 valence electrons. The van der Waals surface area contributed by atoms with Gasteiger partial charge in [-0.3, -0.25) is 20.2 Å². The number of carbonyl (C=O) groups excluding carboxylic acids is 1. The van der Waals surface area contributed by atoms with Crippen LogP contribution < -0.4 is 5.32 Å². The Morgan fingerprint density at radius 3 is 2.45 bits per heavy atom. The summed E-state index contributed by atoms with van der Waals surface area (Å²) in [5.41, 5.74) is 1.61. The molecule has 0 aliphatic rings. The van der Waals surface area contributed by atoms with Gasteiger partial charge in [0, 0.05) is 18.1 Å². The van der Waals surface area contributed by atoms with Crippen LogP contribution in [0.3, 0.4) is 0 Å². The summed E-state index contributed by atoms with van der Waals surface area (Å²) in [4.78, 5) is 36.6. The van der Waals surface area contributed by atoms with Crippen molar-refractivity contribution in [2.24, 2.45) is 4.99 Å².